The van der Waals surface area contributed by atoms with Crippen LogP contribution in [-0.2, 0) is 6.54 Å². The minimum Gasteiger partial charge on any atom is -0.493 e. The van der Waals surface area contributed by atoms with Crippen LogP contribution in [0, 0.1) is 0 Å². The van der Waals surface area contributed by atoms with Crippen molar-refractivity contribution in [1.29, 1.82) is 0 Å². The number of nitrogens with one attached hydrogen (secondary N) is 1. The summed E-state index contributed by atoms with van der Waals surface area (Å²) in [5.74, 6) is 2.34. The Balaban J connectivity index is 2.08. The molecule has 0 saturated carbocycles. The topological polar surface area (TPSA) is 43.6 Å². The summed E-state index contributed by atoms with van der Waals surface area (Å²) in [5, 5.41) is 3.41. The highest BCUT2D eigenvalue weighted by atomic mass is 79.9. The summed E-state index contributed by atoms with van der Waals surface area (Å²) in [4.78, 5) is 0. The smallest absolute Gasteiger partial charge is 0.174 e. The number of furan rings is 1. The van der Waals surface area contributed by atoms with Gasteiger partial charge >= 0.3 is 0 Å². The Morgan fingerprint density at radius 3 is 2.70 bits per heavy atom. The quantitative estimate of drug-likeness (QED) is 0.866. The Morgan fingerprint density at radius 1 is 1.30 bits per heavy atom. The minimum atomic E-state index is 0.150. The maximum atomic E-state index is 5.37. The fraction of sp³-hybridized carbons (Fsp3) is 0.333. The van der Waals surface area contributed by atoms with E-state index in [4.69, 9.17) is 13.9 Å². The maximum absolute atomic E-state index is 5.37. The molecule has 0 amide bonds. The first kappa shape index (κ1) is 14.9. The molecule has 4 nitrogen and oxygen atoms in total. The molecule has 0 radical (unpaired) electrons. The highest BCUT2D eigenvalue weighted by Crippen LogP contribution is 2.36. The van der Waals surface area contributed by atoms with Crippen molar-refractivity contribution in [3.05, 3.63) is 46.3 Å². The first-order valence-electron chi connectivity index (χ1n) is 6.33. The zero-order valence-corrected chi connectivity index (χ0v) is 13.4. The van der Waals surface area contributed by atoms with Crippen LogP contribution < -0.4 is 14.8 Å². The van der Waals surface area contributed by atoms with Gasteiger partial charge in [0.05, 0.1) is 31.0 Å². The molecule has 5 heteroatoms. The highest BCUT2D eigenvalue weighted by molar-refractivity contribution is 9.10. The number of hydrogen-bond donors (Lipinski definition) is 1. The monoisotopic (exact) mass is 339 g/mol. The van der Waals surface area contributed by atoms with Gasteiger partial charge in [0.15, 0.2) is 11.5 Å². The van der Waals surface area contributed by atoms with Crippen LogP contribution in [0.2, 0.25) is 0 Å². The Morgan fingerprint density at radius 2 is 2.10 bits per heavy atom. The van der Waals surface area contributed by atoms with E-state index in [1.165, 1.54) is 0 Å². The molecule has 0 saturated heterocycles. The van der Waals surface area contributed by atoms with Crippen molar-refractivity contribution in [2.75, 3.05) is 14.2 Å². The normalized spacial score (nSPS) is 12.2. The largest absolute Gasteiger partial charge is 0.493 e. The Labute approximate surface area is 127 Å². The number of halogens is 1. The molecule has 0 aliphatic carbocycles. The third-order valence-electron chi connectivity index (χ3n) is 3.08. The van der Waals surface area contributed by atoms with Crippen molar-refractivity contribution in [2.45, 2.75) is 19.5 Å². The number of methoxy groups -OCH3 is 2. The molecule has 1 aromatic carbocycles. The second kappa shape index (κ2) is 6.81. The molecule has 0 aliphatic heterocycles. The van der Waals surface area contributed by atoms with Crippen molar-refractivity contribution in [1.82, 2.24) is 5.32 Å². The van der Waals surface area contributed by atoms with Gasteiger partial charge in [-0.1, -0.05) is 0 Å². The van der Waals surface area contributed by atoms with E-state index in [0.29, 0.717) is 18.0 Å². The van der Waals surface area contributed by atoms with E-state index >= 15 is 0 Å². The predicted octanol–water partition coefficient (Wildman–Crippen LogP) is 3.91. The van der Waals surface area contributed by atoms with Gasteiger partial charge in [-0.15, -0.1) is 0 Å². The van der Waals surface area contributed by atoms with Crippen LogP contribution in [0.4, 0.5) is 0 Å². The van der Waals surface area contributed by atoms with Crippen molar-refractivity contribution < 1.29 is 13.9 Å². The molecule has 2 rings (SSSR count). The van der Waals surface area contributed by atoms with Crippen molar-refractivity contribution >= 4 is 15.9 Å². The number of benzene rings is 1. The molecule has 0 bridgehead atoms. The second-order valence-corrected chi connectivity index (χ2v) is 5.29. The van der Waals surface area contributed by atoms with Gasteiger partial charge in [-0.25, -0.2) is 0 Å². The van der Waals surface area contributed by atoms with Crippen LogP contribution in [0.1, 0.15) is 24.3 Å². The van der Waals surface area contributed by atoms with E-state index in [0.717, 1.165) is 15.8 Å². The van der Waals surface area contributed by atoms with Gasteiger partial charge in [0.25, 0.3) is 0 Å². The first-order chi connectivity index (χ1) is 9.65. The van der Waals surface area contributed by atoms with E-state index in [9.17, 15) is 0 Å². The summed E-state index contributed by atoms with van der Waals surface area (Å²) in [6.07, 6.45) is 1.68. The van der Waals surface area contributed by atoms with E-state index in [1.54, 1.807) is 20.5 Å². The summed E-state index contributed by atoms with van der Waals surface area (Å²) in [6.45, 7) is 2.77. The van der Waals surface area contributed by atoms with E-state index < -0.39 is 0 Å². The van der Waals surface area contributed by atoms with Crippen molar-refractivity contribution in [3.63, 3.8) is 0 Å². The number of hydrogen-bond acceptors (Lipinski definition) is 4. The third-order valence-corrected chi connectivity index (χ3v) is 3.66. The SMILES string of the molecule is COc1cc(CN[C@H](C)c2ccco2)cc(Br)c1OC. The van der Waals surface area contributed by atoms with Crippen LogP contribution in [0.5, 0.6) is 11.5 Å². The molecule has 0 fully saturated rings. The lowest BCUT2D eigenvalue weighted by Crippen LogP contribution is -2.17. The number of ether oxygens (including phenoxy) is 2. The minimum absolute atomic E-state index is 0.150. The lowest BCUT2D eigenvalue weighted by molar-refractivity contribution is 0.352. The molecule has 0 unspecified atom stereocenters. The van der Waals surface area contributed by atoms with E-state index in [-0.39, 0.29) is 6.04 Å². The van der Waals surface area contributed by atoms with Gasteiger partial charge in [0.2, 0.25) is 0 Å². The average molecular weight is 340 g/mol. The van der Waals surface area contributed by atoms with Gasteiger partial charge < -0.3 is 19.2 Å². The second-order valence-electron chi connectivity index (χ2n) is 4.43. The Hall–Kier alpha value is -1.46. The average Bonchev–Trinajstić information content (AvgIpc) is 2.98. The molecule has 1 atom stereocenters. The molecule has 1 N–H and O–H groups in total. The molecule has 0 spiro atoms. The molecular weight excluding hydrogens is 322 g/mol. The summed E-state index contributed by atoms with van der Waals surface area (Å²) in [6, 6.07) is 7.98. The van der Waals surface area contributed by atoms with Gasteiger partial charge in [-0.3, -0.25) is 0 Å². The molecule has 0 aliphatic rings. The molecule has 108 valence electrons. The lowest BCUT2D eigenvalue weighted by Gasteiger charge is -2.14. The molecule has 2 aromatic rings. The van der Waals surface area contributed by atoms with Crippen LogP contribution in [-0.4, -0.2) is 14.2 Å². The molecule has 1 heterocycles. The summed E-state index contributed by atoms with van der Waals surface area (Å²) in [7, 11) is 3.26. The predicted molar refractivity (Wildman–Crippen MR) is 81.2 cm³/mol. The number of rotatable bonds is 6. The highest BCUT2D eigenvalue weighted by Gasteiger charge is 2.12. The standard InChI is InChI=1S/C15H18BrNO3/c1-10(13-5-4-6-20-13)17-9-11-7-12(16)15(19-3)14(8-11)18-2/h4-8,10,17H,9H2,1-3H3/t10-/m1/s1. The first-order valence-corrected chi connectivity index (χ1v) is 7.12. The Bertz CT molecular complexity index is 554. The van der Waals surface area contributed by atoms with Gasteiger partial charge in [0, 0.05) is 6.54 Å². The van der Waals surface area contributed by atoms with E-state index in [2.05, 4.69) is 28.2 Å². The summed E-state index contributed by atoms with van der Waals surface area (Å²) in [5.41, 5.74) is 1.10. The maximum Gasteiger partial charge on any atom is 0.174 e. The van der Waals surface area contributed by atoms with Gasteiger partial charge in [-0.05, 0) is 52.7 Å². The molecule has 1 aromatic heterocycles. The van der Waals surface area contributed by atoms with Crippen LogP contribution in [0.15, 0.2) is 39.4 Å². The zero-order valence-electron chi connectivity index (χ0n) is 11.8. The molecular formula is C15H18BrNO3. The van der Waals surface area contributed by atoms with Crippen LogP contribution in [0.25, 0.3) is 0 Å². The van der Waals surface area contributed by atoms with Crippen molar-refractivity contribution in [3.8, 4) is 11.5 Å². The van der Waals surface area contributed by atoms with Crippen molar-refractivity contribution in [2.24, 2.45) is 0 Å². The fourth-order valence-corrected chi connectivity index (χ4v) is 2.63. The zero-order chi connectivity index (χ0) is 14.5. The lowest BCUT2D eigenvalue weighted by atomic mass is 10.1. The summed E-state index contributed by atoms with van der Waals surface area (Å²) >= 11 is 3.49. The third kappa shape index (κ3) is 3.35. The van der Waals surface area contributed by atoms with Gasteiger partial charge in [-0.2, -0.15) is 0 Å². The van der Waals surface area contributed by atoms with Crippen LogP contribution in [0.3, 0.4) is 0 Å². The Kier molecular flexibility index (Phi) is 5.09. The molecule has 20 heavy (non-hydrogen) atoms. The van der Waals surface area contributed by atoms with Crippen LogP contribution >= 0.6 is 15.9 Å². The van der Waals surface area contributed by atoms with Gasteiger partial charge in [0.1, 0.15) is 5.76 Å². The summed E-state index contributed by atoms with van der Waals surface area (Å²) < 4.78 is 16.9. The fourth-order valence-electron chi connectivity index (χ4n) is 1.98. The van der Waals surface area contributed by atoms with E-state index in [1.807, 2.05) is 24.3 Å².